The van der Waals surface area contributed by atoms with Crippen molar-refractivity contribution in [1.82, 2.24) is 25.5 Å². The third kappa shape index (κ3) is 3.62. The van der Waals surface area contributed by atoms with Crippen molar-refractivity contribution in [3.05, 3.63) is 30.6 Å². The number of H-pyrrole nitrogens is 1. The van der Waals surface area contributed by atoms with Gasteiger partial charge in [-0.3, -0.25) is 9.89 Å². The SMILES string of the molecule is CC1(Oc2ccc3[nH]nc(-c4cc(N5CCC6(CCC(=O)CN6)CC5)ncn4)c3c2)CC1. The predicted octanol–water partition coefficient (Wildman–Crippen LogP) is 3.24. The third-order valence-corrected chi connectivity index (χ3v) is 7.34. The van der Waals surface area contributed by atoms with Crippen LogP contribution in [0.4, 0.5) is 5.82 Å². The number of benzene rings is 1. The molecule has 1 saturated carbocycles. The van der Waals surface area contributed by atoms with Crippen LogP contribution in [0.2, 0.25) is 0 Å². The molecule has 0 radical (unpaired) electrons. The van der Waals surface area contributed by atoms with Crippen molar-refractivity contribution >= 4 is 22.5 Å². The Bertz CT molecular complexity index is 1160. The van der Waals surface area contributed by atoms with E-state index in [4.69, 9.17) is 4.74 Å². The van der Waals surface area contributed by atoms with Crippen LogP contribution in [-0.2, 0) is 4.79 Å². The van der Waals surface area contributed by atoms with Gasteiger partial charge >= 0.3 is 0 Å². The summed E-state index contributed by atoms with van der Waals surface area (Å²) in [7, 11) is 0. The molecule has 0 amide bonds. The summed E-state index contributed by atoms with van der Waals surface area (Å²) < 4.78 is 6.15. The van der Waals surface area contributed by atoms with Crippen molar-refractivity contribution in [3.63, 3.8) is 0 Å². The van der Waals surface area contributed by atoms with Crippen LogP contribution in [0, 0.1) is 0 Å². The number of Topliss-reactive ketones (excluding diaryl/α,β-unsaturated/α-hetero) is 1. The number of carbonyl (C=O) groups excluding carboxylic acids is 1. The highest BCUT2D eigenvalue weighted by Gasteiger charge is 2.40. The van der Waals surface area contributed by atoms with Crippen LogP contribution in [0.15, 0.2) is 30.6 Å². The van der Waals surface area contributed by atoms with E-state index in [1.807, 2.05) is 18.2 Å². The number of nitrogens with one attached hydrogen (secondary N) is 2. The molecule has 1 aromatic carbocycles. The number of aromatic nitrogens is 4. The van der Waals surface area contributed by atoms with Gasteiger partial charge in [0.15, 0.2) is 0 Å². The lowest BCUT2D eigenvalue weighted by molar-refractivity contribution is -0.120. The van der Waals surface area contributed by atoms with Crippen LogP contribution >= 0.6 is 0 Å². The summed E-state index contributed by atoms with van der Waals surface area (Å²) in [5, 5.41) is 12.2. The number of rotatable bonds is 4. The molecule has 1 aliphatic carbocycles. The second kappa shape index (κ2) is 7.27. The van der Waals surface area contributed by atoms with Crippen molar-refractivity contribution in [2.75, 3.05) is 24.5 Å². The number of ketones is 1. The molecular weight excluding hydrogens is 404 g/mol. The minimum Gasteiger partial charge on any atom is -0.488 e. The van der Waals surface area contributed by atoms with E-state index in [0.29, 0.717) is 18.7 Å². The lowest BCUT2D eigenvalue weighted by Gasteiger charge is -2.44. The normalized spacial score (nSPS) is 21.8. The van der Waals surface area contributed by atoms with Crippen molar-refractivity contribution in [3.8, 4) is 17.1 Å². The summed E-state index contributed by atoms with van der Waals surface area (Å²) in [4.78, 5) is 23.0. The van der Waals surface area contributed by atoms with Gasteiger partial charge in [0, 0.05) is 36.5 Å². The van der Waals surface area contributed by atoms with E-state index in [1.54, 1.807) is 6.33 Å². The first-order valence-electron chi connectivity index (χ1n) is 11.5. The van der Waals surface area contributed by atoms with E-state index in [-0.39, 0.29) is 11.1 Å². The standard InChI is InChI=1S/C24H28N6O2/c1-23(6-7-23)32-17-2-3-19-18(12-17)22(29-28-19)20-13-21(26-15-25-20)30-10-8-24(9-11-30)5-4-16(31)14-27-24/h2-3,12-13,15,27H,4-11,14H2,1H3,(H,28,29). The average Bonchev–Trinajstić information content (AvgIpc) is 3.38. The van der Waals surface area contributed by atoms with Gasteiger partial charge in [0.1, 0.15) is 35.0 Å². The molecule has 3 aromatic rings. The number of nitrogens with zero attached hydrogens (tertiary/aromatic N) is 4. The quantitative estimate of drug-likeness (QED) is 0.653. The summed E-state index contributed by atoms with van der Waals surface area (Å²) in [6.07, 6.45) is 7.50. The molecule has 0 atom stereocenters. The first-order chi connectivity index (χ1) is 15.5. The van der Waals surface area contributed by atoms with Crippen LogP contribution in [0.5, 0.6) is 5.75 Å². The molecule has 32 heavy (non-hydrogen) atoms. The van der Waals surface area contributed by atoms with Crippen LogP contribution < -0.4 is 15.0 Å². The molecule has 2 saturated heterocycles. The van der Waals surface area contributed by atoms with Gasteiger partial charge in [-0.25, -0.2) is 9.97 Å². The van der Waals surface area contributed by atoms with Crippen LogP contribution in [0.3, 0.4) is 0 Å². The highest BCUT2D eigenvalue weighted by molar-refractivity contribution is 5.93. The van der Waals surface area contributed by atoms with Gasteiger partial charge in [-0.1, -0.05) is 0 Å². The van der Waals surface area contributed by atoms with Gasteiger partial charge < -0.3 is 15.0 Å². The van der Waals surface area contributed by atoms with E-state index in [1.165, 1.54) is 0 Å². The maximum atomic E-state index is 11.6. The number of piperidine rings is 2. The van der Waals surface area contributed by atoms with Gasteiger partial charge in [0.05, 0.1) is 17.8 Å². The lowest BCUT2D eigenvalue weighted by Crippen LogP contribution is -2.57. The number of carbonyl (C=O) groups is 1. The van der Waals surface area contributed by atoms with Crippen molar-refractivity contribution < 1.29 is 9.53 Å². The number of anilines is 1. The molecule has 2 N–H and O–H groups in total. The smallest absolute Gasteiger partial charge is 0.146 e. The maximum absolute atomic E-state index is 11.6. The van der Waals surface area contributed by atoms with Crippen LogP contribution in [0.25, 0.3) is 22.3 Å². The zero-order valence-corrected chi connectivity index (χ0v) is 18.4. The second-order valence-corrected chi connectivity index (χ2v) is 9.75. The summed E-state index contributed by atoms with van der Waals surface area (Å²) in [5.74, 6) is 2.12. The van der Waals surface area contributed by atoms with E-state index >= 15 is 0 Å². The zero-order chi connectivity index (χ0) is 21.8. The van der Waals surface area contributed by atoms with Crippen LogP contribution in [-0.4, -0.2) is 56.7 Å². The minimum atomic E-state index is -0.0221. The van der Waals surface area contributed by atoms with Crippen molar-refractivity contribution in [2.45, 2.75) is 56.6 Å². The highest BCUT2D eigenvalue weighted by atomic mass is 16.5. The zero-order valence-electron chi connectivity index (χ0n) is 18.4. The first-order valence-corrected chi connectivity index (χ1v) is 11.5. The Kier molecular flexibility index (Phi) is 4.47. The number of fused-ring (bicyclic) bond motifs is 1. The molecule has 8 nitrogen and oxygen atoms in total. The lowest BCUT2D eigenvalue weighted by atomic mass is 9.80. The van der Waals surface area contributed by atoms with Gasteiger partial charge in [-0.15, -0.1) is 0 Å². The maximum Gasteiger partial charge on any atom is 0.146 e. The Labute approximate surface area is 186 Å². The van der Waals surface area contributed by atoms with Gasteiger partial charge in [0.25, 0.3) is 0 Å². The Balaban J connectivity index is 1.23. The minimum absolute atomic E-state index is 0.0221. The van der Waals surface area contributed by atoms with Crippen molar-refractivity contribution in [1.29, 1.82) is 0 Å². The third-order valence-electron chi connectivity index (χ3n) is 7.34. The first kappa shape index (κ1) is 19.7. The molecule has 1 spiro atoms. The van der Waals surface area contributed by atoms with Crippen LogP contribution in [0.1, 0.15) is 45.4 Å². The average molecular weight is 433 g/mol. The van der Waals surface area contributed by atoms with Gasteiger partial charge in [0.2, 0.25) is 0 Å². The largest absolute Gasteiger partial charge is 0.488 e. The van der Waals surface area contributed by atoms with E-state index in [9.17, 15) is 4.79 Å². The molecule has 6 rings (SSSR count). The number of hydrogen-bond donors (Lipinski definition) is 2. The van der Waals surface area contributed by atoms with E-state index in [0.717, 1.165) is 79.1 Å². The molecule has 0 bridgehead atoms. The molecule has 4 heterocycles. The Morgan fingerprint density at radius 2 is 1.91 bits per heavy atom. The van der Waals surface area contributed by atoms with Gasteiger partial charge in [-0.2, -0.15) is 5.10 Å². The molecule has 8 heteroatoms. The number of aromatic amines is 1. The monoisotopic (exact) mass is 432 g/mol. The summed E-state index contributed by atoms with van der Waals surface area (Å²) in [6, 6.07) is 8.10. The fraction of sp³-hybridized carbons (Fsp3) is 0.500. The molecule has 3 fully saturated rings. The Hall–Kier alpha value is -3.00. The van der Waals surface area contributed by atoms with Crippen molar-refractivity contribution in [2.24, 2.45) is 0 Å². The van der Waals surface area contributed by atoms with E-state index < -0.39 is 0 Å². The Morgan fingerprint density at radius 1 is 1.06 bits per heavy atom. The number of hydrogen-bond acceptors (Lipinski definition) is 7. The second-order valence-electron chi connectivity index (χ2n) is 9.75. The molecular formula is C24H28N6O2. The molecule has 166 valence electrons. The molecule has 3 aliphatic rings. The number of ether oxygens (including phenoxy) is 1. The fourth-order valence-corrected chi connectivity index (χ4v) is 4.90. The predicted molar refractivity (Wildman–Crippen MR) is 122 cm³/mol. The Morgan fingerprint density at radius 3 is 2.66 bits per heavy atom. The fourth-order valence-electron chi connectivity index (χ4n) is 4.90. The topological polar surface area (TPSA) is 96.0 Å². The summed E-state index contributed by atoms with van der Waals surface area (Å²) >= 11 is 0. The molecule has 2 aliphatic heterocycles. The van der Waals surface area contributed by atoms with E-state index in [2.05, 4.69) is 43.4 Å². The molecule has 0 unspecified atom stereocenters. The van der Waals surface area contributed by atoms with Gasteiger partial charge in [-0.05, 0) is 57.2 Å². The highest BCUT2D eigenvalue weighted by Crippen LogP contribution is 2.40. The molecule has 2 aromatic heterocycles. The summed E-state index contributed by atoms with van der Waals surface area (Å²) in [5.41, 5.74) is 2.67. The summed E-state index contributed by atoms with van der Waals surface area (Å²) in [6.45, 7) is 4.48.